The third-order valence-corrected chi connectivity index (χ3v) is 10.7. The summed E-state index contributed by atoms with van der Waals surface area (Å²) < 4.78 is 5.75. The molecule has 0 N–H and O–H groups in total. The van der Waals surface area contributed by atoms with Crippen LogP contribution in [-0.4, -0.2) is 61.5 Å². The van der Waals surface area contributed by atoms with Crippen LogP contribution in [-0.2, 0) is 14.3 Å². The number of carbonyl (C=O) groups excluding carboxylic acids is 2. The van der Waals surface area contributed by atoms with Gasteiger partial charge in [0, 0.05) is 25.4 Å². The number of amides is 1. The normalized spacial score (nSPS) is 12.8. The van der Waals surface area contributed by atoms with Crippen LogP contribution in [0, 0.1) is 5.92 Å². The number of nitrogens with zero attached hydrogens (tertiary/aromatic N) is 2. The van der Waals surface area contributed by atoms with Gasteiger partial charge in [-0.05, 0) is 71.5 Å². The highest BCUT2D eigenvalue weighted by molar-refractivity contribution is 5.76. The van der Waals surface area contributed by atoms with Gasteiger partial charge in [-0.1, -0.05) is 175 Å². The molecule has 0 fully saturated rings. The van der Waals surface area contributed by atoms with Gasteiger partial charge in [0.25, 0.3) is 0 Å². The van der Waals surface area contributed by atoms with Gasteiger partial charge in [0.2, 0.25) is 5.91 Å². The Kier molecular flexibility index (Phi) is 36.8. The smallest absolute Gasteiger partial charge is 0.305 e. The first kappa shape index (κ1) is 48.9. The minimum Gasteiger partial charge on any atom is -0.465 e. The Morgan fingerprint density at radius 1 is 0.460 bits per heavy atom. The number of esters is 1. The van der Waals surface area contributed by atoms with Crippen molar-refractivity contribution < 1.29 is 14.3 Å². The maximum atomic E-state index is 13.7. The summed E-state index contributed by atoms with van der Waals surface area (Å²) in [5, 5.41) is 0. The van der Waals surface area contributed by atoms with E-state index < -0.39 is 0 Å². The van der Waals surface area contributed by atoms with E-state index in [9.17, 15) is 9.59 Å². The molecule has 0 aromatic heterocycles. The molecule has 0 aliphatic carbocycles. The fourth-order valence-electron chi connectivity index (χ4n) is 7.36. The SMILES string of the molecule is CCCCCCCCCC(CCCCCCCCC(=O)OCC(CCCC)CCCCCC)N(CCCN(C)C)C(=O)CCCCCCCC. The monoisotopic (exact) mass is 707 g/mol. The van der Waals surface area contributed by atoms with Crippen molar-refractivity contribution in [3.8, 4) is 0 Å². The van der Waals surface area contributed by atoms with Crippen LogP contribution in [0.25, 0.3) is 0 Å². The standard InChI is InChI=1S/C45H90N2O3/c1-7-11-15-18-20-23-28-35-43(47(40-32-39-46(5)6)44(48)37-30-25-19-16-12-8-2)36-29-24-21-22-26-31-38-45(49)50-41-42(33-14-10-4)34-27-17-13-9-3/h42-43H,7-41H2,1-6H3. The summed E-state index contributed by atoms with van der Waals surface area (Å²) in [4.78, 5) is 30.8. The largest absolute Gasteiger partial charge is 0.465 e. The fraction of sp³-hybridized carbons (Fsp3) is 0.956. The quantitative estimate of drug-likeness (QED) is 0.0472. The molecule has 2 atom stereocenters. The van der Waals surface area contributed by atoms with Crippen molar-refractivity contribution in [1.82, 2.24) is 9.80 Å². The van der Waals surface area contributed by atoms with Crippen LogP contribution in [0.4, 0.5) is 0 Å². The predicted molar refractivity (Wildman–Crippen MR) is 219 cm³/mol. The molecule has 2 unspecified atom stereocenters. The Morgan fingerprint density at radius 2 is 0.880 bits per heavy atom. The number of unbranched alkanes of at least 4 members (excludes halogenated alkanes) is 20. The average Bonchev–Trinajstić information content (AvgIpc) is 3.10. The number of hydrogen-bond donors (Lipinski definition) is 0. The third-order valence-electron chi connectivity index (χ3n) is 10.7. The molecule has 0 spiro atoms. The van der Waals surface area contributed by atoms with Crippen LogP contribution in [0.1, 0.15) is 233 Å². The van der Waals surface area contributed by atoms with E-state index in [-0.39, 0.29) is 5.97 Å². The molecule has 5 heteroatoms. The molecule has 0 aliphatic rings. The molecule has 1 amide bonds. The molecule has 0 aliphatic heterocycles. The van der Waals surface area contributed by atoms with Gasteiger partial charge in [-0.3, -0.25) is 9.59 Å². The number of ether oxygens (including phenoxy) is 1. The average molecular weight is 707 g/mol. The second-order valence-corrected chi connectivity index (χ2v) is 16.0. The fourth-order valence-corrected chi connectivity index (χ4v) is 7.36. The highest BCUT2D eigenvalue weighted by Crippen LogP contribution is 2.22. The van der Waals surface area contributed by atoms with Crippen molar-refractivity contribution in [2.24, 2.45) is 5.92 Å². The minimum absolute atomic E-state index is 0.00764. The highest BCUT2D eigenvalue weighted by atomic mass is 16.5. The van der Waals surface area contributed by atoms with Crippen molar-refractivity contribution in [2.45, 2.75) is 239 Å². The van der Waals surface area contributed by atoms with E-state index in [4.69, 9.17) is 4.74 Å². The molecular formula is C45H90N2O3. The Labute approximate surface area is 314 Å². The molecule has 0 aromatic carbocycles. The first-order valence-corrected chi connectivity index (χ1v) is 22.5. The zero-order valence-corrected chi connectivity index (χ0v) is 35.0. The Balaban J connectivity index is 4.77. The summed E-state index contributed by atoms with van der Waals surface area (Å²) in [6.45, 7) is 11.6. The van der Waals surface area contributed by atoms with Gasteiger partial charge in [0.1, 0.15) is 0 Å². The molecular weight excluding hydrogens is 617 g/mol. The molecule has 0 saturated heterocycles. The van der Waals surface area contributed by atoms with E-state index in [1.54, 1.807) is 0 Å². The summed E-state index contributed by atoms with van der Waals surface area (Å²) in [5.41, 5.74) is 0. The number of rotatable bonds is 39. The first-order valence-electron chi connectivity index (χ1n) is 22.5. The van der Waals surface area contributed by atoms with Gasteiger partial charge in [-0.15, -0.1) is 0 Å². The van der Waals surface area contributed by atoms with Gasteiger partial charge in [-0.2, -0.15) is 0 Å². The molecule has 0 bridgehead atoms. The van der Waals surface area contributed by atoms with Crippen molar-refractivity contribution in [3.63, 3.8) is 0 Å². The second-order valence-electron chi connectivity index (χ2n) is 16.0. The zero-order valence-electron chi connectivity index (χ0n) is 35.0. The molecule has 5 nitrogen and oxygen atoms in total. The highest BCUT2D eigenvalue weighted by Gasteiger charge is 2.23. The van der Waals surface area contributed by atoms with Crippen molar-refractivity contribution >= 4 is 11.9 Å². The maximum absolute atomic E-state index is 13.7. The van der Waals surface area contributed by atoms with Crippen molar-refractivity contribution in [3.05, 3.63) is 0 Å². The lowest BCUT2D eigenvalue weighted by molar-refractivity contribution is -0.145. The lowest BCUT2D eigenvalue weighted by atomic mass is 9.96. The summed E-state index contributed by atoms with van der Waals surface area (Å²) in [7, 11) is 4.28. The van der Waals surface area contributed by atoms with Crippen LogP contribution in [0.3, 0.4) is 0 Å². The first-order chi connectivity index (χ1) is 24.4. The molecule has 0 radical (unpaired) electrons. The van der Waals surface area contributed by atoms with E-state index >= 15 is 0 Å². The minimum atomic E-state index is 0.00764. The van der Waals surface area contributed by atoms with Gasteiger partial charge < -0.3 is 14.5 Å². The number of hydrogen-bond acceptors (Lipinski definition) is 4. The molecule has 298 valence electrons. The lowest BCUT2D eigenvalue weighted by Gasteiger charge is -2.33. The summed E-state index contributed by atoms with van der Waals surface area (Å²) >= 11 is 0. The molecule has 50 heavy (non-hydrogen) atoms. The van der Waals surface area contributed by atoms with Crippen molar-refractivity contribution in [1.29, 1.82) is 0 Å². The second kappa shape index (κ2) is 37.7. The zero-order chi connectivity index (χ0) is 36.9. The van der Waals surface area contributed by atoms with Crippen LogP contribution < -0.4 is 0 Å². The maximum Gasteiger partial charge on any atom is 0.305 e. The Hall–Kier alpha value is -1.10. The van der Waals surface area contributed by atoms with E-state index in [2.05, 4.69) is 51.6 Å². The predicted octanol–water partition coefficient (Wildman–Crippen LogP) is 13.5. The molecule has 0 aromatic rings. The number of carbonyl (C=O) groups is 2. The Bertz CT molecular complexity index is 727. The van der Waals surface area contributed by atoms with Gasteiger partial charge in [0.05, 0.1) is 6.61 Å². The van der Waals surface area contributed by atoms with E-state index in [0.717, 1.165) is 58.0 Å². The lowest BCUT2D eigenvalue weighted by Crippen LogP contribution is -2.41. The van der Waals surface area contributed by atoms with Gasteiger partial charge in [-0.25, -0.2) is 0 Å². The van der Waals surface area contributed by atoms with E-state index in [0.29, 0.717) is 30.9 Å². The summed E-state index contributed by atoms with van der Waals surface area (Å²) in [6.07, 6.45) is 38.2. The van der Waals surface area contributed by atoms with Crippen LogP contribution in [0.5, 0.6) is 0 Å². The van der Waals surface area contributed by atoms with Crippen LogP contribution in [0.2, 0.25) is 0 Å². The van der Waals surface area contributed by atoms with Crippen LogP contribution >= 0.6 is 0 Å². The van der Waals surface area contributed by atoms with Crippen LogP contribution in [0.15, 0.2) is 0 Å². The van der Waals surface area contributed by atoms with Gasteiger partial charge in [0.15, 0.2) is 0 Å². The third kappa shape index (κ3) is 31.6. The molecule has 0 rings (SSSR count). The molecule has 0 heterocycles. The summed E-state index contributed by atoms with van der Waals surface area (Å²) in [5.74, 6) is 0.959. The van der Waals surface area contributed by atoms with E-state index in [1.165, 1.54) is 154 Å². The van der Waals surface area contributed by atoms with Gasteiger partial charge >= 0.3 is 5.97 Å². The topological polar surface area (TPSA) is 49.9 Å². The van der Waals surface area contributed by atoms with Crippen molar-refractivity contribution in [2.75, 3.05) is 33.8 Å². The van der Waals surface area contributed by atoms with E-state index in [1.807, 2.05) is 0 Å². The summed E-state index contributed by atoms with van der Waals surface area (Å²) in [6, 6.07) is 0.392. The Morgan fingerprint density at radius 3 is 1.40 bits per heavy atom. The molecule has 0 saturated carbocycles.